The molecule has 1 atom stereocenters. The fourth-order valence-corrected chi connectivity index (χ4v) is 6.26. The van der Waals surface area contributed by atoms with Gasteiger partial charge in [0.05, 0.1) is 34.3 Å². The number of nitrogens with zero attached hydrogens (tertiary/aromatic N) is 2. The van der Waals surface area contributed by atoms with Gasteiger partial charge in [0.1, 0.15) is 5.60 Å². The zero-order chi connectivity index (χ0) is 32.5. The number of ketones is 1. The zero-order valence-corrected chi connectivity index (χ0v) is 30.0. The Morgan fingerprint density at radius 1 is 1.07 bits per heavy atom. The second-order valence-corrected chi connectivity index (χ2v) is 23.6. The fraction of sp³-hybridized carbons (Fsp3) is 0.562. The summed E-state index contributed by atoms with van der Waals surface area (Å²) in [5.41, 5.74) is 0.195. The van der Waals surface area contributed by atoms with Gasteiger partial charge in [-0.2, -0.15) is 0 Å². The third-order valence-electron chi connectivity index (χ3n) is 6.99. The van der Waals surface area contributed by atoms with Gasteiger partial charge in [0.15, 0.2) is 15.5 Å². The number of carbonyl (C=O) groups is 2. The number of rotatable bonds is 10. The summed E-state index contributed by atoms with van der Waals surface area (Å²) in [6.07, 6.45) is 1.92. The molecule has 0 amide bonds. The van der Waals surface area contributed by atoms with E-state index in [1.54, 1.807) is 26.8 Å². The molecule has 0 N–H and O–H groups in total. The maximum absolute atomic E-state index is 13.8. The van der Waals surface area contributed by atoms with Gasteiger partial charge in [-0.25, -0.2) is 9.36 Å². The molecule has 0 radical (unpaired) electrons. The smallest absolute Gasteiger partial charge is 0.419 e. The van der Waals surface area contributed by atoms with E-state index in [-0.39, 0.29) is 34.4 Å². The highest BCUT2D eigenvalue weighted by molar-refractivity contribution is 6.76. The predicted molar refractivity (Wildman–Crippen MR) is 176 cm³/mol. The Labute approximate surface area is 258 Å². The minimum Gasteiger partial charge on any atom is -0.443 e. The minimum absolute atomic E-state index is 0.0258. The molecule has 0 saturated heterocycles. The van der Waals surface area contributed by atoms with Crippen molar-refractivity contribution in [2.45, 2.75) is 97.3 Å². The lowest BCUT2D eigenvalue weighted by molar-refractivity contribution is -0.419. The molecule has 1 aliphatic carbocycles. The van der Waals surface area contributed by atoms with E-state index in [0.29, 0.717) is 17.5 Å². The van der Waals surface area contributed by atoms with E-state index in [0.717, 1.165) is 11.6 Å². The molecular weight excluding hydrogens is 581 g/mol. The largest absolute Gasteiger partial charge is 0.443 e. The van der Waals surface area contributed by atoms with Crippen LogP contribution in [-0.4, -0.2) is 58.0 Å². The molecule has 1 heterocycles. The van der Waals surface area contributed by atoms with Gasteiger partial charge in [0.25, 0.3) is 5.70 Å². The summed E-state index contributed by atoms with van der Waals surface area (Å²) in [6.45, 7) is 23.0. The van der Waals surface area contributed by atoms with E-state index in [4.69, 9.17) is 13.9 Å². The number of hydrogen-bond donors (Lipinski definition) is 0. The molecule has 0 saturated carbocycles. The van der Waals surface area contributed by atoms with Crippen molar-refractivity contribution in [2.75, 3.05) is 13.2 Å². The number of aromatic nitrogens is 1. The lowest BCUT2D eigenvalue weighted by Crippen LogP contribution is -2.30. The SMILES string of the molecule is CC(C)(C)OC(=O)n1c(C2=CC([N+](=O)[O-])=CC(COCC[Si](C)(C)C)C2=O)cc2cc(C(C)(C)O[SiH2]C(C)(C)C)ccc21. The van der Waals surface area contributed by atoms with Gasteiger partial charge in [0, 0.05) is 37.8 Å². The molecule has 0 spiro atoms. The summed E-state index contributed by atoms with van der Waals surface area (Å²) in [5, 5.41) is 12.8. The van der Waals surface area contributed by atoms with Crippen LogP contribution >= 0.6 is 0 Å². The van der Waals surface area contributed by atoms with E-state index < -0.39 is 46.0 Å². The van der Waals surface area contributed by atoms with Gasteiger partial charge in [-0.1, -0.05) is 46.5 Å². The highest BCUT2D eigenvalue weighted by atomic mass is 28.3. The van der Waals surface area contributed by atoms with Crippen LogP contribution in [0.4, 0.5) is 4.79 Å². The molecule has 43 heavy (non-hydrogen) atoms. The molecule has 2 aromatic rings. The van der Waals surface area contributed by atoms with Gasteiger partial charge in [-0.3, -0.25) is 14.9 Å². The zero-order valence-electron chi connectivity index (χ0n) is 27.6. The van der Waals surface area contributed by atoms with Gasteiger partial charge >= 0.3 is 6.09 Å². The summed E-state index contributed by atoms with van der Waals surface area (Å²) in [4.78, 5) is 38.9. The molecule has 1 aliphatic rings. The number of Topliss-reactive ketones (excluding diaryl/α,β-unsaturated/α-hetero) is 1. The third-order valence-corrected chi connectivity index (χ3v) is 10.4. The number of carbonyl (C=O) groups excluding carboxylic acids is 2. The number of nitro groups is 1. The predicted octanol–water partition coefficient (Wildman–Crippen LogP) is 7.08. The Hall–Kier alpha value is -2.87. The first kappa shape index (κ1) is 34.6. The second kappa shape index (κ2) is 12.6. The molecule has 0 fully saturated rings. The molecule has 236 valence electrons. The average molecular weight is 629 g/mol. The van der Waals surface area contributed by atoms with E-state index in [2.05, 4.69) is 40.4 Å². The quantitative estimate of drug-likeness (QED) is 0.120. The summed E-state index contributed by atoms with van der Waals surface area (Å²) in [7, 11) is -2.21. The number of fused-ring (bicyclic) bond motifs is 1. The van der Waals surface area contributed by atoms with Crippen LogP contribution in [0, 0.1) is 16.0 Å². The average Bonchev–Trinajstić information content (AvgIpc) is 3.23. The second-order valence-electron chi connectivity index (χ2n) is 15.2. The minimum atomic E-state index is -1.36. The van der Waals surface area contributed by atoms with Crippen LogP contribution in [0.25, 0.3) is 16.5 Å². The van der Waals surface area contributed by atoms with Crippen LogP contribution in [0.2, 0.25) is 30.7 Å². The number of benzene rings is 1. The summed E-state index contributed by atoms with van der Waals surface area (Å²) < 4.78 is 19.3. The van der Waals surface area contributed by atoms with Crippen LogP contribution in [0.3, 0.4) is 0 Å². The highest BCUT2D eigenvalue weighted by Crippen LogP contribution is 2.36. The number of allylic oxidation sites excluding steroid dienone is 2. The molecule has 1 aromatic carbocycles. The lowest BCUT2D eigenvalue weighted by atomic mass is 9.90. The molecule has 1 aromatic heterocycles. The summed E-state index contributed by atoms with van der Waals surface area (Å²) >= 11 is 0. The molecule has 0 aliphatic heterocycles. The molecule has 9 nitrogen and oxygen atoms in total. The summed E-state index contributed by atoms with van der Waals surface area (Å²) in [6, 6.07) is 8.33. The van der Waals surface area contributed by atoms with Crippen molar-refractivity contribution in [3.8, 4) is 0 Å². The van der Waals surface area contributed by atoms with Gasteiger partial charge in [0.2, 0.25) is 0 Å². The summed E-state index contributed by atoms with van der Waals surface area (Å²) in [5.74, 6) is -1.19. The van der Waals surface area contributed by atoms with Gasteiger partial charge < -0.3 is 13.9 Å². The van der Waals surface area contributed by atoms with E-state index >= 15 is 0 Å². The monoisotopic (exact) mass is 628 g/mol. The fourth-order valence-electron chi connectivity index (χ4n) is 4.55. The van der Waals surface area contributed by atoms with Crippen molar-refractivity contribution < 1.29 is 28.4 Å². The van der Waals surface area contributed by atoms with Crippen molar-refractivity contribution >= 4 is 46.2 Å². The van der Waals surface area contributed by atoms with E-state index in [1.807, 2.05) is 32.0 Å². The van der Waals surface area contributed by atoms with Crippen LogP contribution in [0.5, 0.6) is 0 Å². The van der Waals surface area contributed by atoms with Gasteiger partial charge in [-0.05, 0) is 69.5 Å². The number of hydrogen-bond acceptors (Lipinski definition) is 7. The Kier molecular flexibility index (Phi) is 10.2. The van der Waals surface area contributed by atoms with Crippen LogP contribution < -0.4 is 0 Å². The van der Waals surface area contributed by atoms with Crippen molar-refractivity contribution in [2.24, 2.45) is 5.92 Å². The first-order valence-corrected chi connectivity index (χ1v) is 19.8. The molecule has 11 heteroatoms. The number of ether oxygens (including phenoxy) is 2. The Morgan fingerprint density at radius 3 is 2.28 bits per heavy atom. The standard InChI is InChI=1S/C32H48N2O7Si2/c1-30(2,3)40-29(36)33-26-13-12-23(32(7,8)41-42-31(4,5)6)16-21(26)18-27(33)25-19-24(34(37)38)17-22(28(25)35)20-39-14-15-43(9,10)11/h12-13,16-19,22H,14-15,20,42H2,1-11H3. The third kappa shape index (κ3) is 9.31. The van der Waals surface area contributed by atoms with Crippen molar-refractivity contribution in [3.05, 3.63) is 63.5 Å². The van der Waals surface area contributed by atoms with Crippen LogP contribution in [0.1, 0.15) is 66.6 Å². The first-order chi connectivity index (χ1) is 19.6. The lowest BCUT2D eigenvalue weighted by Gasteiger charge is -2.30. The van der Waals surface area contributed by atoms with E-state index in [9.17, 15) is 19.7 Å². The van der Waals surface area contributed by atoms with Crippen LogP contribution in [0.15, 0.2) is 42.1 Å². The first-order valence-electron chi connectivity index (χ1n) is 14.8. The topological polar surface area (TPSA) is 110 Å². The maximum atomic E-state index is 13.8. The Morgan fingerprint density at radius 2 is 1.72 bits per heavy atom. The van der Waals surface area contributed by atoms with Crippen molar-refractivity contribution in [3.63, 3.8) is 0 Å². The van der Waals surface area contributed by atoms with E-state index in [1.165, 1.54) is 16.7 Å². The van der Waals surface area contributed by atoms with Crippen LogP contribution in [-0.2, 0) is 24.3 Å². The normalized spacial score (nSPS) is 17.0. The Balaban J connectivity index is 2.11. The molecule has 1 unspecified atom stereocenters. The molecule has 3 rings (SSSR count). The van der Waals surface area contributed by atoms with Crippen molar-refractivity contribution in [1.29, 1.82) is 0 Å². The Bertz CT molecular complexity index is 1450. The maximum Gasteiger partial charge on any atom is 0.419 e. The highest BCUT2D eigenvalue weighted by Gasteiger charge is 2.35. The van der Waals surface area contributed by atoms with Crippen molar-refractivity contribution in [1.82, 2.24) is 4.57 Å². The van der Waals surface area contributed by atoms with Gasteiger partial charge in [-0.15, -0.1) is 0 Å². The molecular formula is C32H48N2O7Si2. The molecule has 0 bridgehead atoms.